The highest BCUT2D eigenvalue weighted by Crippen LogP contribution is 2.33. The number of ether oxygens (including phenoxy) is 1. The van der Waals surface area contributed by atoms with Gasteiger partial charge < -0.3 is 4.74 Å². The number of nitrogens with zero attached hydrogens (tertiary/aromatic N) is 2. The largest absolute Gasteiger partial charge is 0.457 e. The molecule has 25 heavy (non-hydrogen) atoms. The van der Waals surface area contributed by atoms with Gasteiger partial charge in [-0.1, -0.05) is 29.3 Å². The Balaban J connectivity index is 1.87. The molecule has 0 unspecified atom stereocenters. The molecule has 0 aliphatic heterocycles. The molecule has 0 amide bonds. The standard InChI is InChI=1S/C19H14ClN3O2/c1-12-7-15(21-2)11-16(8-12)25-18-10-13(3-5-17(18)20)9-14-4-6-19(24)23-22-14/h3-8,10-11H,9H2,1H3,(H,23,24). The summed E-state index contributed by atoms with van der Waals surface area (Å²) in [5, 5.41) is 6.89. The van der Waals surface area contributed by atoms with E-state index in [1.807, 2.05) is 25.1 Å². The van der Waals surface area contributed by atoms with E-state index in [1.54, 1.807) is 24.3 Å². The van der Waals surface area contributed by atoms with Gasteiger partial charge >= 0.3 is 0 Å². The Kier molecular flexibility index (Phi) is 4.82. The van der Waals surface area contributed by atoms with E-state index in [-0.39, 0.29) is 5.56 Å². The van der Waals surface area contributed by atoms with Gasteiger partial charge in [-0.25, -0.2) is 9.94 Å². The van der Waals surface area contributed by atoms with Crippen molar-refractivity contribution in [1.82, 2.24) is 10.2 Å². The number of aromatic nitrogens is 2. The Morgan fingerprint density at radius 3 is 2.76 bits per heavy atom. The molecule has 2 aromatic carbocycles. The van der Waals surface area contributed by atoms with E-state index in [9.17, 15) is 4.79 Å². The van der Waals surface area contributed by atoms with Crippen LogP contribution in [0.1, 0.15) is 16.8 Å². The van der Waals surface area contributed by atoms with Gasteiger partial charge in [0.15, 0.2) is 5.69 Å². The van der Waals surface area contributed by atoms with Crippen molar-refractivity contribution < 1.29 is 4.74 Å². The molecular formula is C19H14ClN3O2. The van der Waals surface area contributed by atoms with Gasteiger partial charge in [-0.3, -0.25) is 4.79 Å². The third-order valence-electron chi connectivity index (χ3n) is 3.51. The summed E-state index contributed by atoms with van der Waals surface area (Å²) in [7, 11) is 0. The molecule has 1 heterocycles. The molecule has 124 valence electrons. The van der Waals surface area contributed by atoms with E-state index in [0.717, 1.165) is 16.8 Å². The third-order valence-corrected chi connectivity index (χ3v) is 3.82. The molecule has 0 aliphatic carbocycles. The van der Waals surface area contributed by atoms with Crippen LogP contribution in [-0.2, 0) is 6.42 Å². The average molecular weight is 352 g/mol. The fourth-order valence-electron chi connectivity index (χ4n) is 2.40. The van der Waals surface area contributed by atoms with E-state index in [2.05, 4.69) is 15.0 Å². The summed E-state index contributed by atoms with van der Waals surface area (Å²) in [6.07, 6.45) is 0.533. The van der Waals surface area contributed by atoms with Crippen molar-refractivity contribution in [1.29, 1.82) is 0 Å². The fourth-order valence-corrected chi connectivity index (χ4v) is 2.55. The molecule has 0 bridgehead atoms. The SMILES string of the molecule is [C-]#[N+]c1cc(C)cc(Oc2cc(Cc3ccc(=O)[nH]n3)ccc2Cl)c1. The van der Waals surface area contributed by atoms with E-state index in [0.29, 0.717) is 28.6 Å². The summed E-state index contributed by atoms with van der Waals surface area (Å²) in [5.41, 5.74) is 2.89. The van der Waals surface area contributed by atoms with Crippen LogP contribution < -0.4 is 10.3 Å². The molecule has 0 atom stereocenters. The number of H-pyrrole nitrogens is 1. The van der Waals surface area contributed by atoms with E-state index < -0.39 is 0 Å². The molecule has 1 N–H and O–H groups in total. The van der Waals surface area contributed by atoms with Gasteiger partial charge in [-0.15, -0.1) is 0 Å². The van der Waals surface area contributed by atoms with Crippen LogP contribution in [0.15, 0.2) is 53.3 Å². The minimum Gasteiger partial charge on any atom is -0.457 e. The molecule has 0 spiro atoms. The minimum atomic E-state index is -0.237. The van der Waals surface area contributed by atoms with Gasteiger partial charge in [-0.05, 0) is 42.8 Å². The predicted molar refractivity (Wildman–Crippen MR) is 96.6 cm³/mol. The minimum absolute atomic E-state index is 0.237. The van der Waals surface area contributed by atoms with Gasteiger partial charge in [-0.2, -0.15) is 5.10 Å². The normalized spacial score (nSPS) is 10.3. The monoisotopic (exact) mass is 351 g/mol. The summed E-state index contributed by atoms with van der Waals surface area (Å²) in [6, 6.07) is 13.9. The lowest BCUT2D eigenvalue weighted by Crippen LogP contribution is -2.07. The molecule has 1 aromatic heterocycles. The highest BCUT2D eigenvalue weighted by Gasteiger charge is 2.08. The Hall–Kier alpha value is -3.10. The summed E-state index contributed by atoms with van der Waals surface area (Å²) >= 11 is 6.23. The molecule has 5 nitrogen and oxygen atoms in total. The lowest BCUT2D eigenvalue weighted by molar-refractivity contribution is 0.482. The lowest BCUT2D eigenvalue weighted by Gasteiger charge is -2.11. The number of hydrogen-bond donors (Lipinski definition) is 1. The smallest absolute Gasteiger partial charge is 0.264 e. The fraction of sp³-hybridized carbons (Fsp3) is 0.105. The van der Waals surface area contributed by atoms with Crippen LogP contribution in [0.3, 0.4) is 0 Å². The topological polar surface area (TPSA) is 59.3 Å². The number of nitrogens with one attached hydrogen (secondary N) is 1. The molecule has 3 rings (SSSR count). The van der Waals surface area contributed by atoms with Crippen molar-refractivity contribution >= 4 is 17.3 Å². The maximum absolute atomic E-state index is 11.1. The third kappa shape index (κ3) is 4.25. The number of aryl methyl sites for hydroxylation is 1. The number of halogens is 1. The summed E-state index contributed by atoms with van der Waals surface area (Å²) in [4.78, 5) is 14.5. The zero-order chi connectivity index (χ0) is 17.8. The van der Waals surface area contributed by atoms with Gasteiger partial charge in [0.2, 0.25) is 0 Å². The predicted octanol–water partition coefficient (Wildman–Crippen LogP) is 4.67. The van der Waals surface area contributed by atoms with Crippen LogP contribution >= 0.6 is 11.6 Å². The van der Waals surface area contributed by atoms with Crippen LogP contribution in [-0.4, -0.2) is 10.2 Å². The molecule has 0 fully saturated rings. The second-order valence-corrected chi connectivity index (χ2v) is 5.98. The Morgan fingerprint density at radius 1 is 1.20 bits per heavy atom. The van der Waals surface area contributed by atoms with E-state index in [4.69, 9.17) is 22.9 Å². The van der Waals surface area contributed by atoms with Crippen molar-refractivity contribution in [2.45, 2.75) is 13.3 Å². The van der Waals surface area contributed by atoms with Crippen LogP contribution in [0, 0.1) is 13.5 Å². The number of benzene rings is 2. The Morgan fingerprint density at radius 2 is 2.04 bits per heavy atom. The van der Waals surface area contributed by atoms with Crippen LogP contribution in [0.25, 0.3) is 4.85 Å². The molecule has 0 radical (unpaired) electrons. The molecule has 0 aliphatic rings. The molecule has 6 heteroatoms. The first-order chi connectivity index (χ1) is 12.0. The Labute approximate surface area is 149 Å². The highest BCUT2D eigenvalue weighted by molar-refractivity contribution is 6.32. The molecule has 3 aromatic rings. The number of hydrogen-bond acceptors (Lipinski definition) is 3. The van der Waals surface area contributed by atoms with Crippen molar-refractivity contribution in [2.24, 2.45) is 0 Å². The van der Waals surface area contributed by atoms with E-state index >= 15 is 0 Å². The Bertz CT molecular complexity index is 1000. The summed E-state index contributed by atoms with van der Waals surface area (Å²) in [6.45, 7) is 9.05. The van der Waals surface area contributed by atoms with Gasteiger partial charge in [0, 0.05) is 12.5 Å². The number of rotatable bonds is 4. The summed E-state index contributed by atoms with van der Waals surface area (Å²) < 4.78 is 5.88. The van der Waals surface area contributed by atoms with Crippen LogP contribution in [0.4, 0.5) is 5.69 Å². The van der Waals surface area contributed by atoms with Gasteiger partial charge in [0.25, 0.3) is 5.56 Å². The second-order valence-electron chi connectivity index (χ2n) is 5.57. The van der Waals surface area contributed by atoms with Crippen LogP contribution in [0.5, 0.6) is 11.5 Å². The second kappa shape index (κ2) is 7.20. The molecule has 0 saturated heterocycles. The first kappa shape index (κ1) is 16.7. The van der Waals surface area contributed by atoms with E-state index in [1.165, 1.54) is 6.07 Å². The maximum atomic E-state index is 11.1. The van der Waals surface area contributed by atoms with Crippen molar-refractivity contribution in [3.63, 3.8) is 0 Å². The quantitative estimate of drug-likeness (QED) is 0.695. The average Bonchev–Trinajstić information content (AvgIpc) is 2.59. The summed E-state index contributed by atoms with van der Waals surface area (Å²) in [5.74, 6) is 1.07. The number of aromatic amines is 1. The van der Waals surface area contributed by atoms with Crippen molar-refractivity contribution in [3.8, 4) is 11.5 Å². The van der Waals surface area contributed by atoms with Gasteiger partial charge in [0.05, 0.1) is 17.3 Å². The molecule has 0 saturated carbocycles. The maximum Gasteiger partial charge on any atom is 0.264 e. The first-order valence-electron chi connectivity index (χ1n) is 7.53. The first-order valence-corrected chi connectivity index (χ1v) is 7.91. The lowest BCUT2D eigenvalue weighted by atomic mass is 10.1. The zero-order valence-corrected chi connectivity index (χ0v) is 14.2. The zero-order valence-electron chi connectivity index (χ0n) is 13.4. The van der Waals surface area contributed by atoms with Crippen molar-refractivity contribution in [3.05, 3.63) is 92.1 Å². The molecular weight excluding hydrogens is 338 g/mol. The van der Waals surface area contributed by atoms with Gasteiger partial charge in [0.1, 0.15) is 11.5 Å². The highest BCUT2D eigenvalue weighted by atomic mass is 35.5. The van der Waals surface area contributed by atoms with Crippen LogP contribution in [0.2, 0.25) is 5.02 Å². The van der Waals surface area contributed by atoms with Crippen molar-refractivity contribution in [2.75, 3.05) is 0 Å².